The molecule has 0 spiro atoms. The van der Waals surface area contributed by atoms with Gasteiger partial charge in [-0.25, -0.2) is 15.0 Å². The topological polar surface area (TPSA) is 38.7 Å². The lowest BCUT2D eigenvalue weighted by Crippen LogP contribution is -2.14. The highest BCUT2D eigenvalue weighted by Crippen LogP contribution is 2.49. The first kappa shape index (κ1) is 28.1. The first-order valence-electron chi connectivity index (χ1n) is 16.1. The van der Waals surface area contributed by atoms with Gasteiger partial charge in [0.1, 0.15) is 0 Å². The Morgan fingerprint density at radius 2 is 1.04 bits per heavy atom. The third-order valence-electron chi connectivity index (χ3n) is 9.51. The van der Waals surface area contributed by atoms with E-state index in [1.807, 2.05) is 18.2 Å². The van der Waals surface area contributed by atoms with Gasteiger partial charge in [0.2, 0.25) is 0 Å². The fraction of sp³-hybridized carbons (Fsp3) is 0.140. The largest absolute Gasteiger partial charge is 0.209 e. The molecule has 1 unspecified atom stereocenters. The van der Waals surface area contributed by atoms with Crippen molar-refractivity contribution < 1.29 is 0 Å². The van der Waals surface area contributed by atoms with E-state index >= 15 is 0 Å². The van der Waals surface area contributed by atoms with Crippen LogP contribution in [0.5, 0.6) is 0 Å². The second kappa shape index (κ2) is 11.2. The van der Waals surface area contributed by atoms with Gasteiger partial charge in [-0.15, -0.1) is 0 Å². The Hall–Kier alpha value is -5.41. The molecule has 1 aromatic heterocycles. The van der Waals surface area contributed by atoms with Gasteiger partial charge in [-0.1, -0.05) is 154 Å². The molecule has 1 atom stereocenters. The number of benzene rings is 5. The molecule has 6 aromatic rings. The van der Waals surface area contributed by atoms with E-state index < -0.39 is 0 Å². The number of rotatable bonds is 5. The van der Waals surface area contributed by atoms with Crippen molar-refractivity contribution in [2.75, 3.05) is 0 Å². The van der Waals surface area contributed by atoms with Crippen LogP contribution < -0.4 is 0 Å². The van der Waals surface area contributed by atoms with Gasteiger partial charge in [0.15, 0.2) is 17.5 Å². The normalized spacial score (nSPS) is 16.1. The fourth-order valence-electron chi connectivity index (χ4n) is 6.94. The number of nitrogens with zero attached hydrogens (tertiary/aromatic N) is 3. The van der Waals surface area contributed by atoms with Crippen molar-refractivity contribution in [2.24, 2.45) is 5.92 Å². The summed E-state index contributed by atoms with van der Waals surface area (Å²) in [6, 6.07) is 43.4. The summed E-state index contributed by atoms with van der Waals surface area (Å²) in [5.74, 6) is 2.59. The quantitative estimate of drug-likeness (QED) is 0.200. The van der Waals surface area contributed by atoms with Crippen molar-refractivity contribution in [3.8, 4) is 56.2 Å². The predicted molar refractivity (Wildman–Crippen MR) is 190 cm³/mol. The summed E-state index contributed by atoms with van der Waals surface area (Å²) in [6.07, 6.45) is 7.38. The van der Waals surface area contributed by atoms with E-state index in [0.29, 0.717) is 17.6 Å². The molecule has 0 saturated heterocycles. The van der Waals surface area contributed by atoms with Crippen LogP contribution in [0, 0.1) is 5.92 Å². The maximum atomic E-state index is 4.96. The third kappa shape index (κ3) is 4.98. The predicted octanol–water partition coefficient (Wildman–Crippen LogP) is 10.8. The molecule has 222 valence electrons. The number of hydrogen-bond acceptors (Lipinski definition) is 3. The van der Waals surface area contributed by atoms with Crippen molar-refractivity contribution >= 4 is 5.57 Å². The van der Waals surface area contributed by atoms with Crippen LogP contribution in [0.2, 0.25) is 0 Å². The standard InChI is InChI=1S/C43H35N3/c1-28-10-9-13-35(26-28)42-45-40(32-11-5-4-6-12-32)44-41(46-42)33-22-20-30(21-23-33)29-16-18-31(19-17-29)34-24-25-39-37(27-34)36-14-7-8-15-38(36)43(39,2)3/h4-25,27-28H,26H2,1-3H3. The Morgan fingerprint density at radius 3 is 1.72 bits per heavy atom. The van der Waals surface area contributed by atoms with Gasteiger partial charge in [-0.2, -0.15) is 0 Å². The van der Waals surface area contributed by atoms with E-state index in [9.17, 15) is 0 Å². The average Bonchev–Trinajstić information content (AvgIpc) is 3.34. The molecule has 8 rings (SSSR count). The molecular formula is C43H35N3. The van der Waals surface area contributed by atoms with Gasteiger partial charge < -0.3 is 0 Å². The molecule has 0 N–H and O–H groups in total. The van der Waals surface area contributed by atoms with Crippen LogP contribution >= 0.6 is 0 Å². The second-order valence-electron chi connectivity index (χ2n) is 13.0. The first-order chi connectivity index (χ1) is 22.4. The minimum absolute atomic E-state index is 0.0233. The first-order valence-corrected chi connectivity index (χ1v) is 16.1. The summed E-state index contributed by atoms with van der Waals surface area (Å²) in [6.45, 7) is 6.87. The molecule has 2 aliphatic carbocycles. The Labute approximate surface area is 271 Å². The smallest absolute Gasteiger partial charge is 0.164 e. The van der Waals surface area contributed by atoms with Gasteiger partial charge in [0.05, 0.1) is 0 Å². The molecule has 0 saturated carbocycles. The number of fused-ring (bicyclic) bond motifs is 3. The van der Waals surface area contributed by atoms with Gasteiger partial charge >= 0.3 is 0 Å². The highest BCUT2D eigenvalue weighted by molar-refractivity contribution is 5.85. The van der Waals surface area contributed by atoms with Crippen LogP contribution in [0.3, 0.4) is 0 Å². The molecule has 46 heavy (non-hydrogen) atoms. The molecule has 1 heterocycles. The summed E-state index contributed by atoms with van der Waals surface area (Å²) in [7, 11) is 0. The molecule has 3 heteroatoms. The zero-order valence-electron chi connectivity index (χ0n) is 26.4. The SMILES string of the molecule is CC1C=CC=C(c2nc(-c3ccccc3)nc(-c3ccc(-c4ccc(-c5ccc6c(c5)-c5ccccc5C6(C)C)cc4)cc3)n2)C1. The third-order valence-corrected chi connectivity index (χ3v) is 9.51. The maximum absolute atomic E-state index is 4.96. The number of allylic oxidation sites excluding steroid dienone is 4. The summed E-state index contributed by atoms with van der Waals surface area (Å²) in [5.41, 5.74) is 13.4. The average molecular weight is 594 g/mol. The Morgan fingerprint density at radius 1 is 0.522 bits per heavy atom. The monoisotopic (exact) mass is 593 g/mol. The minimum atomic E-state index is 0.0233. The summed E-state index contributed by atoms with van der Waals surface area (Å²) < 4.78 is 0. The van der Waals surface area contributed by atoms with Crippen LogP contribution in [0.1, 0.15) is 44.1 Å². The van der Waals surface area contributed by atoms with E-state index in [-0.39, 0.29) is 5.41 Å². The highest BCUT2D eigenvalue weighted by atomic mass is 15.0. The molecule has 0 amide bonds. The molecule has 0 aliphatic heterocycles. The second-order valence-corrected chi connectivity index (χ2v) is 13.0. The zero-order valence-corrected chi connectivity index (χ0v) is 26.4. The van der Waals surface area contributed by atoms with Crippen LogP contribution in [0.15, 0.2) is 140 Å². The lowest BCUT2D eigenvalue weighted by molar-refractivity contribution is 0.660. The van der Waals surface area contributed by atoms with Gasteiger partial charge in [-0.05, 0) is 68.5 Å². The van der Waals surface area contributed by atoms with Crippen molar-refractivity contribution in [3.05, 3.63) is 157 Å². The van der Waals surface area contributed by atoms with Crippen molar-refractivity contribution in [2.45, 2.75) is 32.6 Å². The van der Waals surface area contributed by atoms with E-state index in [0.717, 1.165) is 34.5 Å². The molecule has 0 bridgehead atoms. The van der Waals surface area contributed by atoms with Gasteiger partial charge in [-0.3, -0.25) is 0 Å². The van der Waals surface area contributed by atoms with Crippen molar-refractivity contribution in [3.63, 3.8) is 0 Å². The Bertz CT molecular complexity index is 2140. The molecule has 0 fully saturated rings. The lowest BCUT2D eigenvalue weighted by Gasteiger charge is -2.21. The van der Waals surface area contributed by atoms with E-state index in [2.05, 4.69) is 142 Å². The minimum Gasteiger partial charge on any atom is -0.209 e. The van der Waals surface area contributed by atoms with Gasteiger partial charge in [0.25, 0.3) is 0 Å². The van der Waals surface area contributed by atoms with E-state index in [1.165, 1.54) is 38.9 Å². The number of hydrogen-bond donors (Lipinski definition) is 0. The van der Waals surface area contributed by atoms with Crippen LogP contribution in [0.4, 0.5) is 0 Å². The molecule has 3 nitrogen and oxygen atoms in total. The molecule has 2 aliphatic rings. The molecular weight excluding hydrogens is 558 g/mol. The molecule has 0 radical (unpaired) electrons. The maximum Gasteiger partial charge on any atom is 0.164 e. The Kier molecular flexibility index (Phi) is 6.83. The lowest BCUT2D eigenvalue weighted by atomic mass is 9.82. The van der Waals surface area contributed by atoms with Crippen LogP contribution in [-0.4, -0.2) is 15.0 Å². The van der Waals surface area contributed by atoms with Gasteiger partial charge in [0, 0.05) is 16.5 Å². The zero-order chi connectivity index (χ0) is 31.3. The molecule has 5 aromatic carbocycles. The Balaban J connectivity index is 1.09. The van der Waals surface area contributed by atoms with Crippen molar-refractivity contribution in [1.29, 1.82) is 0 Å². The summed E-state index contributed by atoms with van der Waals surface area (Å²) in [4.78, 5) is 14.8. The van der Waals surface area contributed by atoms with E-state index in [1.54, 1.807) is 0 Å². The summed E-state index contributed by atoms with van der Waals surface area (Å²) >= 11 is 0. The van der Waals surface area contributed by atoms with E-state index in [4.69, 9.17) is 15.0 Å². The summed E-state index contributed by atoms with van der Waals surface area (Å²) in [5, 5.41) is 0. The number of aromatic nitrogens is 3. The van der Waals surface area contributed by atoms with Crippen molar-refractivity contribution in [1.82, 2.24) is 15.0 Å². The highest BCUT2D eigenvalue weighted by Gasteiger charge is 2.35. The van der Waals surface area contributed by atoms with Crippen LogP contribution in [-0.2, 0) is 5.41 Å². The fourth-order valence-corrected chi connectivity index (χ4v) is 6.94. The van der Waals surface area contributed by atoms with Crippen LogP contribution in [0.25, 0.3) is 61.7 Å².